The fourth-order valence-electron chi connectivity index (χ4n) is 3.38. The summed E-state index contributed by atoms with van der Waals surface area (Å²) in [7, 11) is -3.22. The largest absolute Gasteiger partial charge is 0.437 e. The van der Waals surface area contributed by atoms with Gasteiger partial charge in [0.15, 0.2) is 9.84 Å². The number of nitrogens with one attached hydrogen (secondary N) is 1. The lowest BCUT2D eigenvalue weighted by Crippen LogP contribution is -2.36. The van der Waals surface area contributed by atoms with Gasteiger partial charge in [0, 0.05) is 12.2 Å². The van der Waals surface area contributed by atoms with Crippen LogP contribution in [0.3, 0.4) is 0 Å². The van der Waals surface area contributed by atoms with Gasteiger partial charge in [0.1, 0.15) is 28.6 Å². The molecule has 1 saturated heterocycles. The molecule has 1 fully saturated rings. The molecule has 1 amide bonds. The quantitative estimate of drug-likeness (QED) is 0.434. The van der Waals surface area contributed by atoms with Crippen molar-refractivity contribution in [3.63, 3.8) is 0 Å². The Bertz CT molecular complexity index is 1490. The number of aromatic nitrogens is 2. The van der Waals surface area contributed by atoms with Crippen molar-refractivity contribution >= 4 is 39.1 Å². The minimum Gasteiger partial charge on any atom is -0.437 e. The van der Waals surface area contributed by atoms with Gasteiger partial charge in [0.2, 0.25) is 5.88 Å². The van der Waals surface area contributed by atoms with Crippen molar-refractivity contribution in [3.8, 4) is 17.7 Å². The summed E-state index contributed by atoms with van der Waals surface area (Å²) in [6.45, 7) is 0. The highest BCUT2D eigenvalue weighted by atomic mass is 35.5. The van der Waals surface area contributed by atoms with Gasteiger partial charge in [-0.25, -0.2) is 8.42 Å². The van der Waals surface area contributed by atoms with Gasteiger partial charge in [-0.05, 0) is 36.8 Å². The molecule has 1 aliphatic rings. The van der Waals surface area contributed by atoms with Crippen molar-refractivity contribution in [1.29, 1.82) is 5.26 Å². The summed E-state index contributed by atoms with van der Waals surface area (Å²) < 4.78 is 30.4. The summed E-state index contributed by atoms with van der Waals surface area (Å²) in [6, 6.07) is 12.7. The molecule has 0 unspecified atom stereocenters. The number of hydrogen-bond acceptors (Lipinski definition) is 7. The van der Waals surface area contributed by atoms with Crippen LogP contribution in [0.15, 0.2) is 59.0 Å². The Labute approximate surface area is 193 Å². The lowest BCUT2D eigenvalue weighted by Gasteiger charge is -2.12. The van der Waals surface area contributed by atoms with E-state index in [0.717, 1.165) is 6.08 Å². The molecule has 1 N–H and O–H groups in total. The number of pyridine rings is 1. The highest BCUT2D eigenvalue weighted by Crippen LogP contribution is 2.30. The van der Waals surface area contributed by atoms with Crippen molar-refractivity contribution in [2.45, 2.75) is 12.5 Å². The number of hydrogen-bond donors (Lipinski definition) is 1. The number of nitrogens with zero attached hydrogens (tertiary/aromatic N) is 3. The average molecular weight is 485 g/mol. The van der Waals surface area contributed by atoms with Gasteiger partial charge < -0.3 is 10.1 Å². The Balaban J connectivity index is 1.77. The van der Waals surface area contributed by atoms with E-state index in [9.17, 15) is 23.3 Å². The van der Waals surface area contributed by atoms with Crippen LogP contribution in [0.5, 0.6) is 11.6 Å². The van der Waals surface area contributed by atoms with E-state index in [1.54, 1.807) is 48.5 Å². The molecule has 33 heavy (non-hydrogen) atoms. The lowest BCUT2D eigenvalue weighted by atomic mass is 10.1. The third-order valence-electron chi connectivity index (χ3n) is 5.00. The SMILES string of the molecule is N#C/C(=C\c1c(Oc2ccccc2Cl)nc2ccccn2c1=O)C(=O)N[C@@H]1CCS(=O)(=O)C1. The molecule has 3 aromatic rings. The Kier molecular flexibility index (Phi) is 6.18. The Morgan fingerprint density at radius 2 is 2.03 bits per heavy atom. The van der Waals surface area contributed by atoms with Crippen molar-refractivity contribution in [2.75, 3.05) is 11.5 Å². The number of benzene rings is 1. The average Bonchev–Trinajstić information content (AvgIpc) is 3.13. The van der Waals surface area contributed by atoms with E-state index < -0.39 is 32.9 Å². The number of carbonyl (C=O) groups excluding carboxylic acids is 1. The van der Waals surface area contributed by atoms with Crippen LogP contribution in [0.25, 0.3) is 11.7 Å². The van der Waals surface area contributed by atoms with Crippen molar-refractivity contribution in [3.05, 3.63) is 75.2 Å². The van der Waals surface area contributed by atoms with Gasteiger partial charge in [-0.2, -0.15) is 10.2 Å². The minimum absolute atomic E-state index is 0.0324. The zero-order valence-electron chi connectivity index (χ0n) is 17.1. The van der Waals surface area contributed by atoms with Crippen LogP contribution < -0.4 is 15.6 Å². The summed E-state index contributed by atoms with van der Waals surface area (Å²) in [5, 5.41) is 12.4. The van der Waals surface area contributed by atoms with Crippen LogP contribution in [-0.2, 0) is 14.6 Å². The second-order valence-electron chi connectivity index (χ2n) is 7.34. The molecule has 0 bridgehead atoms. The molecule has 11 heteroatoms. The second-order valence-corrected chi connectivity index (χ2v) is 9.98. The van der Waals surface area contributed by atoms with E-state index in [0.29, 0.717) is 5.65 Å². The molecule has 1 atom stereocenters. The molecule has 1 aliphatic heterocycles. The summed E-state index contributed by atoms with van der Waals surface area (Å²) in [4.78, 5) is 30.2. The topological polar surface area (TPSA) is 131 Å². The van der Waals surface area contributed by atoms with Crippen LogP contribution in [0, 0.1) is 11.3 Å². The molecule has 0 spiro atoms. The van der Waals surface area contributed by atoms with Gasteiger partial charge in [0.25, 0.3) is 11.5 Å². The number of ether oxygens (including phenoxy) is 1. The number of amides is 1. The van der Waals surface area contributed by atoms with Crippen LogP contribution in [0.4, 0.5) is 0 Å². The molecule has 0 aliphatic carbocycles. The Morgan fingerprint density at radius 1 is 1.27 bits per heavy atom. The summed E-state index contributed by atoms with van der Waals surface area (Å²) in [6.07, 6.45) is 2.84. The maximum Gasteiger partial charge on any atom is 0.269 e. The van der Waals surface area contributed by atoms with E-state index in [1.807, 2.05) is 0 Å². The number of fused-ring (bicyclic) bond motifs is 1. The molecular weight excluding hydrogens is 468 g/mol. The first kappa shape index (κ1) is 22.5. The summed E-state index contributed by atoms with van der Waals surface area (Å²) in [5.41, 5.74) is -0.796. The summed E-state index contributed by atoms with van der Waals surface area (Å²) in [5.74, 6) is -0.919. The van der Waals surface area contributed by atoms with Gasteiger partial charge in [-0.15, -0.1) is 0 Å². The predicted octanol–water partition coefficient (Wildman–Crippen LogP) is 2.35. The monoisotopic (exact) mass is 484 g/mol. The lowest BCUT2D eigenvalue weighted by molar-refractivity contribution is -0.117. The highest BCUT2D eigenvalue weighted by Gasteiger charge is 2.30. The molecule has 2 aromatic heterocycles. The number of sulfone groups is 1. The smallest absolute Gasteiger partial charge is 0.269 e. The second kappa shape index (κ2) is 9.05. The highest BCUT2D eigenvalue weighted by molar-refractivity contribution is 7.91. The van der Waals surface area contributed by atoms with Gasteiger partial charge >= 0.3 is 0 Å². The van der Waals surface area contributed by atoms with Crippen LogP contribution in [-0.4, -0.2) is 41.3 Å². The van der Waals surface area contributed by atoms with E-state index in [1.165, 1.54) is 10.6 Å². The first-order chi connectivity index (χ1) is 15.8. The minimum atomic E-state index is -3.22. The first-order valence-corrected chi connectivity index (χ1v) is 12.0. The zero-order valence-corrected chi connectivity index (χ0v) is 18.6. The number of carbonyl (C=O) groups is 1. The van der Waals surface area contributed by atoms with Crippen LogP contribution in [0.1, 0.15) is 12.0 Å². The summed E-state index contributed by atoms with van der Waals surface area (Å²) >= 11 is 6.17. The van der Waals surface area contributed by atoms with Crippen LogP contribution >= 0.6 is 11.6 Å². The first-order valence-electron chi connectivity index (χ1n) is 9.84. The van der Waals surface area contributed by atoms with E-state index in [4.69, 9.17) is 16.3 Å². The Hall–Kier alpha value is -3.68. The molecule has 0 radical (unpaired) electrons. The molecule has 1 aromatic carbocycles. The fraction of sp³-hybridized carbons (Fsp3) is 0.182. The fourth-order valence-corrected chi connectivity index (χ4v) is 5.23. The molecule has 9 nitrogen and oxygen atoms in total. The molecule has 0 saturated carbocycles. The van der Waals surface area contributed by atoms with E-state index >= 15 is 0 Å². The molecular formula is C22H17ClN4O5S. The standard InChI is InChI=1S/C22H17ClN4O5S/c23-17-5-1-2-6-18(17)32-21-16(22(29)27-9-4-3-7-19(27)26-21)11-14(12-24)20(28)25-15-8-10-33(30,31)13-15/h1-7,9,11,15H,8,10,13H2,(H,25,28)/b14-11+/t15-/m1/s1. The van der Waals surface area contributed by atoms with Crippen molar-refractivity contribution in [2.24, 2.45) is 0 Å². The molecule has 4 rings (SSSR count). The van der Waals surface area contributed by atoms with Crippen molar-refractivity contribution in [1.82, 2.24) is 14.7 Å². The van der Waals surface area contributed by atoms with E-state index in [2.05, 4.69) is 10.3 Å². The van der Waals surface area contributed by atoms with Gasteiger partial charge in [-0.3, -0.25) is 14.0 Å². The zero-order chi connectivity index (χ0) is 23.6. The normalized spacial score (nSPS) is 17.5. The molecule has 168 valence electrons. The maximum absolute atomic E-state index is 13.2. The number of nitriles is 1. The molecule has 3 heterocycles. The Morgan fingerprint density at radius 3 is 2.73 bits per heavy atom. The third kappa shape index (κ3) is 4.89. The van der Waals surface area contributed by atoms with Gasteiger partial charge in [-0.1, -0.05) is 29.8 Å². The maximum atomic E-state index is 13.2. The van der Waals surface area contributed by atoms with Crippen LogP contribution in [0.2, 0.25) is 5.02 Å². The third-order valence-corrected chi connectivity index (χ3v) is 7.08. The van der Waals surface area contributed by atoms with E-state index in [-0.39, 0.29) is 40.1 Å². The van der Waals surface area contributed by atoms with Crippen molar-refractivity contribution < 1.29 is 17.9 Å². The van der Waals surface area contributed by atoms with Gasteiger partial charge in [0.05, 0.1) is 16.5 Å². The number of rotatable bonds is 5. The predicted molar refractivity (Wildman–Crippen MR) is 122 cm³/mol. The number of halogens is 1. The number of para-hydroxylation sites is 1.